The Hall–Kier alpha value is -1.29. The van der Waals surface area contributed by atoms with E-state index in [1.165, 1.54) is 25.7 Å². The van der Waals surface area contributed by atoms with Gasteiger partial charge in [0.05, 0.1) is 23.5 Å². The summed E-state index contributed by atoms with van der Waals surface area (Å²) < 4.78 is 7.11. The van der Waals surface area contributed by atoms with E-state index in [-0.39, 0.29) is 6.10 Å². The van der Waals surface area contributed by atoms with Gasteiger partial charge in [-0.05, 0) is 38.0 Å². The Morgan fingerprint density at radius 1 is 1.29 bits per heavy atom. The first-order chi connectivity index (χ1) is 10.1. The van der Waals surface area contributed by atoms with Gasteiger partial charge in [-0.3, -0.25) is 4.98 Å². The number of fused-ring (bicyclic) bond motifs is 1. The van der Waals surface area contributed by atoms with Gasteiger partial charge in [0.15, 0.2) is 5.75 Å². The molecule has 2 aromatic rings. The number of pyridine rings is 1. The Balaban J connectivity index is 2.13. The fraction of sp³-hybridized carbons (Fsp3) is 0.471. The standard InChI is InChI=1S/C17H23BrN2O/c1-3-4-5-6-7-12(2)21-17-14-10-13(18)8-9-16(14)20-11-15(17)19/h8-12H,3-7,19H2,1-2H3. The number of unbranched alkanes of at least 4 members (excludes halogenated alkanes) is 3. The first kappa shape index (κ1) is 16.1. The highest BCUT2D eigenvalue weighted by Crippen LogP contribution is 2.33. The minimum absolute atomic E-state index is 0.161. The first-order valence-corrected chi connectivity index (χ1v) is 8.41. The smallest absolute Gasteiger partial charge is 0.153 e. The number of halogens is 1. The normalized spacial score (nSPS) is 12.5. The lowest BCUT2D eigenvalue weighted by atomic mass is 10.1. The van der Waals surface area contributed by atoms with Crippen LogP contribution in [0.2, 0.25) is 0 Å². The molecule has 0 saturated heterocycles. The lowest BCUT2D eigenvalue weighted by molar-refractivity contribution is 0.210. The van der Waals surface area contributed by atoms with Crippen molar-refractivity contribution in [2.45, 2.75) is 52.1 Å². The number of benzene rings is 1. The van der Waals surface area contributed by atoms with E-state index in [1.54, 1.807) is 6.20 Å². The highest BCUT2D eigenvalue weighted by atomic mass is 79.9. The molecule has 21 heavy (non-hydrogen) atoms. The number of ether oxygens (including phenoxy) is 1. The maximum absolute atomic E-state index is 6.11. The lowest BCUT2D eigenvalue weighted by Crippen LogP contribution is -2.13. The SMILES string of the molecule is CCCCCCC(C)Oc1c(N)cnc2ccc(Br)cc12. The van der Waals surface area contributed by atoms with Crippen LogP contribution >= 0.6 is 15.9 Å². The van der Waals surface area contributed by atoms with E-state index < -0.39 is 0 Å². The minimum atomic E-state index is 0.161. The monoisotopic (exact) mass is 350 g/mol. The van der Waals surface area contributed by atoms with Crippen molar-refractivity contribution in [3.05, 3.63) is 28.9 Å². The van der Waals surface area contributed by atoms with Gasteiger partial charge in [0.2, 0.25) is 0 Å². The Labute approximate surface area is 135 Å². The Kier molecular flexibility index (Phi) is 5.85. The molecule has 0 radical (unpaired) electrons. The van der Waals surface area contributed by atoms with Gasteiger partial charge in [-0.2, -0.15) is 0 Å². The number of hydrogen-bond acceptors (Lipinski definition) is 3. The molecule has 3 nitrogen and oxygen atoms in total. The summed E-state index contributed by atoms with van der Waals surface area (Å²) in [5.74, 6) is 0.754. The maximum Gasteiger partial charge on any atom is 0.153 e. The molecule has 2 N–H and O–H groups in total. The van der Waals surface area contributed by atoms with Gasteiger partial charge >= 0.3 is 0 Å². The highest BCUT2D eigenvalue weighted by Gasteiger charge is 2.12. The van der Waals surface area contributed by atoms with Crippen molar-refractivity contribution in [1.82, 2.24) is 4.98 Å². The van der Waals surface area contributed by atoms with Crippen LogP contribution in [-0.4, -0.2) is 11.1 Å². The molecule has 0 aliphatic carbocycles. The van der Waals surface area contributed by atoms with E-state index in [0.717, 1.165) is 27.5 Å². The molecule has 0 aliphatic rings. The Morgan fingerprint density at radius 2 is 2.10 bits per heavy atom. The maximum atomic E-state index is 6.11. The molecule has 0 amide bonds. The Morgan fingerprint density at radius 3 is 2.86 bits per heavy atom. The summed E-state index contributed by atoms with van der Waals surface area (Å²) in [6.07, 6.45) is 7.90. The zero-order valence-corrected chi connectivity index (χ0v) is 14.3. The average molecular weight is 351 g/mol. The summed E-state index contributed by atoms with van der Waals surface area (Å²) in [5, 5.41) is 0.963. The van der Waals surface area contributed by atoms with E-state index in [4.69, 9.17) is 10.5 Å². The second kappa shape index (κ2) is 7.64. The molecular formula is C17H23BrN2O. The van der Waals surface area contributed by atoms with Crippen molar-refractivity contribution in [3.8, 4) is 5.75 Å². The zero-order chi connectivity index (χ0) is 15.2. The van der Waals surface area contributed by atoms with Crippen LogP contribution in [0.15, 0.2) is 28.9 Å². The van der Waals surface area contributed by atoms with Crippen LogP contribution in [0.3, 0.4) is 0 Å². The molecule has 4 heteroatoms. The van der Waals surface area contributed by atoms with E-state index in [2.05, 4.69) is 34.8 Å². The molecule has 1 heterocycles. The zero-order valence-electron chi connectivity index (χ0n) is 12.7. The molecular weight excluding hydrogens is 328 g/mol. The number of anilines is 1. The number of rotatable bonds is 7. The topological polar surface area (TPSA) is 48.1 Å². The van der Waals surface area contributed by atoms with Crippen molar-refractivity contribution in [1.29, 1.82) is 0 Å². The van der Waals surface area contributed by atoms with Crippen LogP contribution in [-0.2, 0) is 0 Å². The number of nitrogens with zero attached hydrogens (tertiary/aromatic N) is 1. The molecule has 2 rings (SSSR count). The van der Waals surface area contributed by atoms with Gasteiger partial charge in [0, 0.05) is 9.86 Å². The Bertz CT molecular complexity index is 595. The van der Waals surface area contributed by atoms with Crippen LogP contribution in [0.1, 0.15) is 46.0 Å². The van der Waals surface area contributed by atoms with Crippen LogP contribution in [0.4, 0.5) is 5.69 Å². The summed E-state index contributed by atoms with van der Waals surface area (Å²) in [6, 6.07) is 5.96. The van der Waals surface area contributed by atoms with Crippen LogP contribution in [0, 0.1) is 0 Å². The van der Waals surface area contributed by atoms with E-state index >= 15 is 0 Å². The third kappa shape index (κ3) is 4.34. The molecule has 0 saturated carbocycles. The van der Waals surface area contributed by atoms with Gasteiger partial charge in [0.25, 0.3) is 0 Å². The molecule has 1 atom stereocenters. The quantitative estimate of drug-likeness (QED) is 0.687. The molecule has 1 aromatic carbocycles. The molecule has 0 aliphatic heterocycles. The molecule has 0 fully saturated rings. The molecule has 1 unspecified atom stereocenters. The van der Waals surface area contributed by atoms with Gasteiger partial charge in [-0.25, -0.2) is 0 Å². The summed E-state index contributed by atoms with van der Waals surface area (Å²) in [7, 11) is 0. The second-order valence-corrected chi connectivity index (χ2v) is 6.40. The third-order valence-corrected chi connectivity index (χ3v) is 4.08. The number of nitrogen functional groups attached to an aromatic ring is 1. The highest BCUT2D eigenvalue weighted by molar-refractivity contribution is 9.10. The van der Waals surface area contributed by atoms with E-state index in [9.17, 15) is 0 Å². The summed E-state index contributed by atoms with van der Waals surface area (Å²) in [5.41, 5.74) is 7.56. The molecule has 114 valence electrons. The fourth-order valence-electron chi connectivity index (χ4n) is 2.41. The van der Waals surface area contributed by atoms with Gasteiger partial charge < -0.3 is 10.5 Å². The number of aromatic nitrogens is 1. The minimum Gasteiger partial charge on any atom is -0.488 e. The lowest BCUT2D eigenvalue weighted by Gasteiger charge is -2.17. The van der Waals surface area contributed by atoms with Gasteiger partial charge in [-0.1, -0.05) is 42.1 Å². The molecule has 1 aromatic heterocycles. The van der Waals surface area contributed by atoms with Gasteiger partial charge in [0.1, 0.15) is 0 Å². The largest absolute Gasteiger partial charge is 0.488 e. The fourth-order valence-corrected chi connectivity index (χ4v) is 2.77. The molecule has 0 bridgehead atoms. The van der Waals surface area contributed by atoms with Crippen molar-refractivity contribution in [3.63, 3.8) is 0 Å². The van der Waals surface area contributed by atoms with Gasteiger partial charge in [-0.15, -0.1) is 0 Å². The van der Waals surface area contributed by atoms with Crippen molar-refractivity contribution in [2.75, 3.05) is 5.73 Å². The summed E-state index contributed by atoms with van der Waals surface area (Å²) in [6.45, 7) is 4.33. The van der Waals surface area contributed by atoms with Crippen molar-refractivity contribution >= 4 is 32.5 Å². The number of hydrogen-bond donors (Lipinski definition) is 1. The summed E-state index contributed by atoms with van der Waals surface area (Å²) in [4.78, 5) is 4.35. The van der Waals surface area contributed by atoms with E-state index in [1.807, 2.05) is 18.2 Å². The van der Waals surface area contributed by atoms with Crippen molar-refractivity contribution in [2.24, 2.45) is 0 Å². The van der Waals surface area contributed by atoms with Crippen LogP contribution in [0.25, 0.3) is 10.9 Å². The first-order valence-electron chi connectivity index (χ1n) is 7.62. The van der Waals surface area contributed by atoms with Crippen molar-refractivity contribution < 1.29 is 4.74 Å². The summed E-state index contributed by atoms with van der Waals surface area (Å²) >= 11 is 3.49. The number of nitrogens with two attached hydrogens (primary N) is 1. The third-order valence-electron chi connectivity index (χ3n) is 3.59. The van der Waals surface area contributed by atoms with Crippen LogP contribution < -0.4 is 10.5 Å². The van der Waals surface area contributed by atoms with E-state index in [0.29, 0.717) is 5.69 Å². The van der Waals surface area contributed by atoms with Crippen LogP contribution in [0.5, 0.6) is 5.75 Å². The predicted molar refractivity (Wildman–Crippen MR) is 92.7 cm³/mol. The predicted octanol–water partition coefficient (Wildman–Crippen LogP) is 5.32. The second-order valence-electron chi connectivity index (χ2n) is 5.48. The average Bonchev–Trinajstić information content (AvgIpc) is 2.47. The molecule has 0 spiro atoms.